The predicted octanol–water partition coefficient (Wildman–Crippen LogP) is 4.31. The number of hydroxylamine groups is 1. The molecule has 1 aromatic rings. The second-order valence-corrected chi connectivity index (χ2v) is 11.2. The molecule has 0 aromatic heterocycles. The molecule has 8 nitrogen and oxygen atoms in total. The number of halogens is 1. The van der Waals surface area contributed by atoms with Gasteiger partial charge in [0, 0.05) is 12.6 Å². The van der Waals surface area contributed by atoms with E-state index in [4.69, 9.17) is 9.57 Å². The van der Waals surface area contributed by atoms with E-state index in [1.807, 2.05) is 6.08 Å². The van der Waals surface area contributed by atoms with Gasteiger partial charge < -0.3 is 10.1 Å². The van der Waals surface area contributed by atoms with Crippen LogP contribution >= 0.6 is 0 Å². The average Bonchev–Trinajstić information content (AvgIpc) is 3.16. The standard InChI is InChI=1S/C23H32FN3O5S/c1-33(29,30)27-20-8-7-16(13-19(20)24)15-25-22(28)31-21-14-23(32-26-21)11-9-18(10-12-23)17-5-3-2-4-6-17/h7-8,13-14,17-18,26-27H,2-6,9-12,15H2,1H3,(H,25,28). The number of anilines is 1. The van der Waals surface area contributed by atoms with Gasteiger partial charge in [-0.3, -0.25) is 9.56 Å². The lowest BCUT2D eigenvalue weighted by Crippen LogP contribution is -2.36. The van der Waals surface area contributed by atoms with E-state index in [-0.39, 0.29) is 18.1 Å². The first-order valence-electron chi connectivity index (χ1n) is 11.6. The monoisotopic (exact) mass is 481 g/mol. The lowest BCUT2D eigenvalue weighted by atomic mass is 9.70. The molecule has 1 aliphatic heterocycles. The highest BCUT2D eigenvalue weighted by molar-refractivity contribution is 7.92. The molecular formula is C23H32FN3O5S. The quantitative estimate of drug-likeness (QED) is 0.559. The molecule has 33 heavy (non-hydrogen) atoms. The number of amides is 1. The minimum absolute atomic E-state index is 0.0251. The minimum Gasteiger partial charge on any atom is -0.392 e. The number of rotatable bonds is 6. The lowest BCUT2D eigenvalue weighted by molar-refractivity contribution is -0.0801. The highest BCUT2D eigenvalue weighted by atomic mass is 32.2. The molecule has 2 saturated carbocycles. The summed E-state index contributed by atoms with van der Waals surface area (Å²) in [4.78, 5) is 18.0. The summed E-state index contributed by atoms with van der Waals surface area (Å²) in [5, 5.41) is 2.56. The van der Waals surface area contributed by atoms with E-state index in [2.05, 4.69) is 15.5 Å². The van der Waals surface area contributed by atoms with Crippen LogP contribution in [-0.4, -0.2) is 26.4 Å². The van der Waals surface area contributed by atoms with Crippen molar-refractivity contribution < 1.29 is 27.2 Å². The van der Waals surface area contributed by atoms with Crippen molar-refractivity contribution in [1.29, 1.82) is 0 Å². The van der Waals surface area contributed by atoms with Gasteiger partial charge in [0.05, 0.1) is 11.9 Å². The van der Waals surface area contributed by atoms with Crippen molar-refractivity contribution >= 4 is 21.8 Å². The van der Waals surface area contributed by atoms with Crippen molar-refractivity contribution in [2.24, 2.45) is 11.8 Å². The van der Waals surface area contributed by atoms with Crippen LogP contribution in [0.5, 0.6) is 0 Å². The Morgan fingerprint density at radius 1 is 1.18 bits per heavy atom. The molecule has 4 rings (SSSR count). The van der Waals surface area contributed by atoms with Crippen molar-refractivity contribution in [2.45, 2.75) is 69.9 Å². The summed E-state index contributed by atoms with van der Waals surface area (Å²) < 4.78 is 44.0. The first-order chi connectivity index (χ1) is 15.7. The molecule has 0 bridgehead atoms. The van der Waals surface area contributed by atoms with E-state index in [9.17, 15) is 17.6 Å². The first-order valence-corrected chi connectivity index (χ1v) is 13.5. The third-order valence-corrected chi connectivity index (χ3v) is 7.50. The van der Waals surface area contributed by atoms with Gasteiger partial charge in [0.25, 0.3) is 0 Å². The molecule has 2 fully saturated rings. The molecule has 2 aliphatic carbocycles. The molecule has 1 amide bonds. The average molecular weight is 482 g/mol. The number of ether oxygens (including phenoxy) is 1. The number of alkyl carbamates (subject to hydrolysis) is 1. The first kappa shape index (κ1) is 23.8. The Kier molecular flexibility index (Phi) is 7.13. The second-order valence-electron chi connectivity index (χ2n) is 9.44. The van der Waals surface area contributed by atoms with Crippen LogP contribution in [0.1, 0.15) is 63.4 Å². The number of sulfonamides is 1. The maximum Gasteiger partial charge on any atom is 0.414 e. The summed E-state index contributed by atoms with van der Waals surface area (Å²) in [5.74, 6) is 1.15. The zero-order chi connectivity index (χ0) is 23.5. The molecule has 0 atom stereocenters. The van der Waals surface area contributed by atoms with Gasteiger partial charge in [-0.05, 0) is 55.2 Å². The minimum atomic E-state index is -3.58. The van der Waals surface area contributed by atoms with Crippen LogP contribution in [0.4, 0.5) is 14.9 Å². The highest BCUT2D eigenvalue weighted by Gasteiger charge is 2.41. The molecule has 10 heteroatoms. The lowest BCUT2D eigenvalue weighted by Gasteiger charge is -2.38. The molecule has 0 saturated heterocycles. The van der Waals surface area contributed by atoms with Gasteiger partial charge in [-0.1, -0.05) is 38.2 Å². The van der Waals surface area contributed by atoms with Crippen LogP contribution in [0.3, 0.4) is 0 Å². The molecule has 1 heterocycles. The van der Waals surface area contributed by atoms with E-state index in [1.165, 1.54) is 44.2 Å². The smallest absolute Gasteiger partial charge is 0.392 e. The van der Waals surface area contributed by atoms with Crippen molar-refractivity contribution in [1.82, 2.24) is 10.8 Å². The van der Waals surface area contributed by atoms with Gasteiger partial charge >= 0.3 is 6.09 Å². The van der Waals surface area contributed by atoms with Gasteiger partial charge in [-0.15, -0.1) is 0 Å². The number of nitrogens with one attached hydrogen (secondary N) is 3. The SMILES string of the molecule is CS(=O)(=O)Nc1ccc(CNC(=O)OC2=CC3(CCC(C4CCCCC4)CC3)ON2)cc1F. The maximum atomic E-state index is 14.1. The number of carbonyl (C=O) groups is 1. The van der Waals surface area contributed by atoms with Gasteiger partial charge in [0.15, 0.2) is 0 Å². The summed E-state index contributed by atoms with van der Waals surface area (Å²) in [5.41, 5.74) is 2.62. The van der Waals surface area contributed by atoms with E-state index in [0.717, 1.165) is 49.8 Å². The van der Waals surface area contributed by atoms with Crippen LogP contribution in [0.15, 0.2) is 30.2 Å². The molecule has 0 radical (unpaired) electrons. The molecule has 3 N–H and O–H groups in total. The highest BCUT2D eigenvalue weighted by Crippen LogP contribution is 2.44. The molecule has 182 valence electrons. The Morgan fingerprint density at radius 2 is 1.88 bits per heavy atom. The molecule has 3 aliphatic rings. The van der Waals surface area contributed by atoms with Gasteiger partial charge in [-0.2, -0.15) is 0 Å². The Hall–Kier alpha value is -2.33. The second kappa shape index (κ2) is 9.89. The summed E-state index contributed by atoms with van der Waals surface area (Å²) in [6, 6.07) is 3.98. The van der Waals surface area contributed by atoms with E-state index >= 15 is 0 Å². The normalized spacial score (nSPS) is 25.9. The number of benzene rings is 1. The van der Waals surface area contributed by atoms with Crippen molar-refractivity contribution in [3.05, 3.63) is 41.5 Å². The van der Waals surface area contributed by atoms with Gasteiger partial charge in [-0.25, -0.2) is 23.1 Å². The zero-order valence-corrected chi connectivity index (χ0v) is 19.7. The Bertz CT molecular complexity index is 999. The van der Waals surface area contributed by atoms with Crippen molar-refractivity contribution in [3.8, 4) is 0 Å². The summed E-state index contributed by atoms with van der Waals surface area (Å²) in [7, 11) is -3.58. The topological polar surface area (TPSA) is 106 Å². The summed E-state index contributed by atoms with van der Waals surface area (Å²) >= 11 is 0. The fourth-order valence-electron chi connectivity index (χ4n) is 5.21. The zero-order valence-electron chi connectivity index (χ0n) is 18.9. The van der Waals surface area contributed by atoms with E-state index in [0.29, 0.717) is 5.56 Å². The summed E-state index contributed by atoms with van der Waals surface area (Å²) in [6.45, 7) is 0.0251. The fraction of sp³-hybridized carbons (Fsp3) is 0.609. The molecule has 0 unspecified atom stereocenters. The molecule has 1 spiro atoms. The van der Waals surface area contributed by atoms with Gasteiger partial charge in [0.1, 0.15) is 11.4 Å². The van der Waals surface area contributed by atoms with Crippen LogP contribution in [-0.2, 0) is 26.1 Å². The number of carbonyl (C=O) groups excluding carboxylic acids is 1. The fourth-order valence-corrected chi connectivity index (χ4v) is 5.78. The molecular weight excluding hydrogens is 449 g/mol. The Morgan fingerprint density at radius 3 is 2.55 bits per heavy atom. The van der Waals surface area contributed by atoms with E-state index < -0.39 is 27.5 Å². The van der Waals surface area contributed by atoms with Crippen LogP contribution in [0.2, 0.25) is 0 Å². The van der Waals surface area contributed by atoms with Crippen LogP contribution in [0.25, 0.3) is 0 Å². The van der Waals surface area contributed by atoms with Crippen molar-refractivity contribution in [3.63, 3.8) is 0 Å². The maximum absolute atomic E-state index is 14.1. The predicted molar refractivity (Wildman–Crippen MR) is 122 cm³/mol. The number of hydrogen-bond acceptors (Lipinski definition) is 6. The van der Waals surface area contributed by atoms with E-state index in [1.54, 1.807) is 0 Å². The van der Waals surface area contributed by atoms with Crippen molar-refractivity contribution in [2.75, 3.05) is 11.0 Å². The third-order valence-electron chi connectivity index (χ3n) is 6.91. The van der Waals surface area contributed by atoms with Crippen LogP contribution < -0.4 is 15.5 Å². The third kappa shape index (κ3) is 6.38. The molecule has 1 aromatic carbocycles. The Balaban J connectivity index is 1.25. The van der Waals surface area contributed by atoms with Gasteiger partial charge in [0.2, 0.25) is 15.9 Å². The Labute approximate surface area is 194 Å². The largest absolute Gasteiger partial charge is 0.414 e. The number of hydrogen-bond donors (Lipinski definition) is 3. The van der Waals surface area contributed by atoms with Crippen LogP contribution in [0, 0.1) is 17.7 Å². The summed E-state index contributed by atoms with van der Waals surface area (Å²) in [6.07, 6.45) is 12.9.